The van der Waals surface area contributed by atoms with Crippen LogP contribution in [-0.4, -0.2) is 17.6 Å². The SMILES string of the molecule is Cc1noc(C)c1CSc1ccccc1C(=O)NCC1(c2cccc(Br)c2)CCC1. The molecule has 2 aromatic carbocycles. The van der Waals surface area contributed by atoms with Crippen LogP contribution in [0, 0.1) is 13.8 Å². The van der Waals surface area contributed by atoms with Crippen LogP contribution in [0.1, 0.15) is 52.2 Å². The molecule has 0 bridgehead atoms. The highest BCUT2D eigenvalue weighted by Gasteiger charge is 2.39. The number of rotatable bonds is 7. The van der Waals surface area contributed by atoms with Crippen molar-refractivity contribution < 1.29 is 9.32 Å². The van der Waals surface area contributed by atoms with E-state index in [1.807, 2.05) is 44.2 Å². The highest BCUT2D eigenvalue weighted by molar-refractivity contribution is 9.10. The Morgan fingerprint density at radius 1 is 1.20 bits per heavy atom. The predicted octanol–water partition coefficient (Wildman–Crippen LogP) is 6.20. The molecule has 1 fully saturated rings. The molecule has 1 aliphatic carbocycles. The van der Waals surface area contributed by atoms with Gasteiger partial charge < -0.3 is 9.84 Å². The minimum atomic E-state index is -0.0156. The second kappa shape index (κ2) is 8.98. The first-order valence-electron chi connectivity index (χ1n) is 10.2. The van der Waals surface area contributed by atoms with Crippen molar-refractivity contribution in [2.45, 2.75) is 49.2 Å². The van der Waals surface area contributed by atoms with Crippen LogP contribution in [0.5, 0.6) is 0 Å². The van der Waals surface area contributed by atoms with Crippen LogP contribution in [0.3, 0.4) is 0 Å². The van der Waals surface area contributed by atoms with Gasteiger partial charge in [-0.15, -0.1) is 11.8 Å². The van der Waals surface area contributed by atoms with E-state index in [-0.39, 0.29) is 11.3 Å². The zero-order valence-corrected chi connectivity index (χ0v) is 19.6. The molecule has 1 aromatic heterocycles. The van der Waals surface area contributed by atoms with Crippen molar-refractivity contribution >= 4 is 33.6 Å². The molecule has 1 amide bonds. The van der Waals surface area contributed by atoms with Crippen LogP contribution in [0.25, 0.3) is 0 Å². The van der Waals surface area contributed by atoms with Gasteiger partial charge in [-0.3, -0.25) is 4.79 Å². The molecule has 0 atom stereocenters. The second-order valence-electron chi connectivity index (χ2n) is 7.91. The quantitative estimate of drug-likeness (QED) is 0.405. The predicted molar refractivity (Wildman–Crippen MR) is 124 cm³/mol. The third-order valence-corrected chi connectivity index (χ3v) is 7.61. The zero-order chi connectivity index (χ0) is 21.1. The minimum absolute atomic E-state index is 0.0156. The Bertz CT molecular complexity index is 1040. The molecule has 1 aliphatic rings. The van der Waals surface area contributed by atoms with Gasteiger partial charge in [0, 0.05) is 32.6 Å². The lowest BCUT2D eigenvalue weighted by molar-refractivity contribution is 0.0925. The monoisotopic (exact) mass is 484 g/mol. The average molecular weight is 485 g/mol. The summed E-state index contributed by atoms with van der Waals surface area (Å²) in [5.41, 5.74) is 4.06. The van der Waals surface area contributed by atoms with Crippen LogP contribution in [0.15, 0.2) is 62.4 Å². The first-order valence-corrected chi connectivity index (χ1v) is 11.9. The number of carbonyl (C=O) groups excluding carboxylic acids is 1. The molecule has 0 saturated heterocycles. The molecule has 4 rings (SSSR count). The Morgan fingerprint density at radius 2 is 2.00 bits per heavy atom. The number of nitrogens with one attached hydrogen (secondary N) is 1. The maximum atomic E-state index is 13.1. The molecule has 6 heteroatoms. The number of hydrogen-bond donors (Lipinski definition) is 1. The normalized spacial score (nSPS) is 14.9. The maximum absolute atomic E-state index is 13.1. The van der Waals surface area contributed by atoms with Gasteiger partial charge in [0.15, 0.2) is 0 Å². The smallest absolute Gasteiger partial charge is 0.252 e. The lowest BCUT2D eigenvalue weighted by Crippen LogP contribution is -2.45. The van der Waals surface area contributed by atoms with Crippen LogP contribution >= 0.6 is 27.7 Å². The van der Waals surface area contributed by atoms with E-state index < -0.39 is 0 Å². The van der Waals surface area contributed by atoms with Gasteiger partial charge in [0.25, 0.3) is 5.91 Å². The lowest BCUT2D eigenvalue weighted by Gasteiger charge is -2.42. The van der Waals surface area contributed by atoms with Crippen molar-refractivity contribution in [3.8, 4) is 0 Å². The summed E-state index contributed by atoms with van der Waals surface area (Å²) in [4.78, 5) is 14.1. The molecule has 0 spiro atoms. The van der Waals surface area contributed by atoms with Gasteiger partial charge in [-0.05, 0) is 56.5 Å². The molecule has 1 N–H and O–H groups in total. The van der Waals surface area contributed by atoms with E-state index in [1.165, 1.54) is 12.0 Å². The molecule has 1 heterocycles. The fourth-order valence-electron chi connectivity index (χ4n) is 3.97. The number of hydrogen-bond acceptors (Lipinski definition) is 4. The molecular formula is C24H25BrN2O2S. The molecule has 0 unspecified atom stereocenters. The summed E-state index contributed by atoms with van der Waals surface area (Å²) in [5, 5.41) is 7.24. The summed E-state index contributed by atoms with van der Waals surface area (Å²) in [6.07, 6.45) is 3.41. The largest absolute Gasteiger partial charge is 0.361 e. The number of amides is 1. The molecule has 3 aromatic rings. The molecular weight excluding hydrogens is 460 g/mol. The lowest BCUT2D eigenvalue weighted by atomic mass is 9.64. The number of nitrogens with zero attached hydrogens (tertiary/aromatic N) is 1. The van der Waals surface area contributed by atoms with Crippen LogP contribution in [0.4, 0.5) is 0 Å². The van der Waals surface area contributed by atoms with Crippen molar-refractivity contribution in [3.63, 3.8) is 0 Å². The van der Waals surface area contributed by atoms with Gasteiger partial charge >= 0.3 is 0 Å². The van der Waals surface area contributed by atoms with Gasteiger partial charge in [0.2, 0.25) is 0 Å². The highest BCUT2D eigenvalue weighted by Crippen LogP contribution is 2.44. The maximum Gasteiger partial charge on any atom is 0.252 e. The number of thioether (sulfide) groups is 1. The van der Waals surface area contributed by atoms with E-state index in [4.69, 9.17) is 4.52 Å². The summed E-state index contributed by atoms with van der Waals surface area (Å²) in [7, 11) is 0. The van der Waals surface area contributed by atoms with Crippen molar-refractivity contribution in [1.82, 2.24) is 10.5 Å². The Labute approximate surface area is 189 Å². The van der Waals surface area contributed by atoms with E-state index >= 15 is 0 Å². The third-order valence-electron chi connectivity index (χ3n) is 6.02. The summed E-state index contributed by atoms with van der Waals surface area (Å²) in [6, 6.07) is 16.3. The molecule has 156 valence electrons. The van der Waals surface area contributed by atoms with Gasteiger partial charge in [0.1, 0.15) is 5.76 Å². The van der Waals surface area contributed by atoms with Crippen LogP contribution in [0.2, 0.25) is 0 Å². The summed E-state index contributed by atoms with van der Waals surface area (Å²) >= 11 is 5.22. The van der Waals surface area contributed by atoms with Crippen molar-refractivity contribution in [3.05, 3.63) is 81.1 Å². The van der Waals surface area contributed by atoms with Crippen molar-refractivity contribution in [2.75, 3.05) is 6.54 Å². The fourth-order valence-corrected chi connectivity index (χ4v) is 5.57. The zero-order valence-electron chi connectivity index (χ0n) is 17.2. The van der Waals surface area contributed by atoms with Crippen LogP contribution in [-0.2, 0) is 11.2 Å². The molecule has 1 saturated carbocycles. The number of benzene rings is 2. The minimum Gasteiger partial charge on any atom is -0.361 e. The number of aryl methyl sites for hydroxylation is 2. The standard InChI is InChI=1S/C24H25BrN2O2S/c1-16-21(17(2)29-27-16)14-30-22-10-4-3-9-20(22)23(28)26-15-24(11-6-12-24)18-7-5-8-19(25)13-18/h3-5,7-10,13H,6,11-12,14-15H2,1-2H3,(H,26,28). The Hall–Kier alpha value is -2.05. The number of carbonyl (C=O) groups is 1. The van der Waals surface area contributed by atoms with E-state index in [0.29, 0.717) is 6.54 Å². The molecule has 0 radical (unpaired) electrons. The molecule has 4 nitrogen and oxygen atoms in total. The Kier molecular flexibility index (Phi) is 6.34. The summed E-state index contributed by atoms with van der Waals surface area (Å²) < 4.78 is 6.34. The van der Waals surface area contributed by atoms with E-state index in [0.717, 1.165) is 50.5 Å². The fraction of sp³-hybridized carbons (Fsp3) is 0.333. The average Bonchev–Trinajstić information content (AvgIpc) is 3.03. The van der Waals surface area contributed by atoms with E-state index in [2.05, 4.69) is 44.6 Å². The van der Waals surface area contributed by atoms with E-state index in [9.17, 15) is 4.79 Å². The first kappa shape index (κ1) is 21.2. The van der Waals surface area contributed by atoms with Crippen LogP contribution < -0.4 is 5.32 Å². The van der Waals surface area contributed by atoms with Gasteiger partial charge in [-0.2, -0.15) is 0 Å². The summed E-state index contributed by atoms with van der Waals surface area (Å²) in [6.45, 7) is 4.53. The van der Waals surface area contributed by atoms with Gasteiger partial charge in [-0.25, -0.2) is 0 Å². The van der Waals surface area contributed by atoms with Crippen molar-refractivity contribution in [1.29, 1.82) is 0 Å². The van der Waals surface area contributed by atoms with Gasteiger partial charge in [-0.1, -0.05) is 51.8 Å². The number of aromatic nitrogens is 1. The number of halogens is 1. The Morgan fingerprint density at radius 3 is 2.67 bits per heavy atom. The Balaban J connectivity index is 1.46. The molecule has 0 aliphatic heterocycles. The highest BCUT2D eigenvalue weighted by atomic mass is 79.9. The second-order valence-corrected chi connectivity index (χ2v) is 9.85. The van der Waals surface area contributed by atoms with Gasteiger partial charge in [0.05, 0.1) is 11.3 Å². The third kappa shape index (κ3) is 4.35. The summed E-state index contributed by atoms with van der Waals surface area (Å²) in [5.74, 6) is 1.55. The first-order chi connectivity index (χ1) is 14.5. The topological polar surface area (TPSA) is 55.1 Å². The molecule has 30 heavy (non-hydrogen) atoms. The van der Waals surface area contributed by atoms with E-state index in [1.54, 1.807) is 11.8 Å². The van der Waals surface area contributed by atoms with Crippen molar-refractivity contribution in [2.24, 2.45) is 0 Å².